The van der Waals surface area contributed by atoms with Crippen molar-refractivity contribution in [3.63, 3.8) is 0 Å². The maximum atomic E-state index is 11.6. The van der Waals surface area contributed by atoms with Crippen LogP contribution in [0, 0.1) is 0 Å². The third-order valence-corrected chi connectivity index (χ3v) is 3.30. The van der Waals surface area contributed by atoms with Crippen LogP contribution in [-0.4, -0.2) is 15.2 Å². The van der Waals surface area contributed by atoms with Crippen LogP contribution < -0.4 is 16.6 Å². The molecular formula is C11H17N3O2. The molecule has 1 N–H and O–H groups in total. The van der Waals surface area contributed by atoms with E-state index in [1.807, 2.05) is 0 Å². The summed E-state index contributed by atoms with van der Waals surface area (Å²) in [6.45, 7) is 0.590. The van der Waals surface area contributed by atoms with Crippen LogP contribution in [0.15, 0.2) is 15.7 Å². The molecule has 1 aliphatic rings. The summed E-state index contributed by atoms with van der Waals surface area (Å²) in [5.41, 5.74) is 0.242. The van der Waals surface area contributed by atoms with Gasteiger partial charge in [-0.15, -0.1) is 0 Å². The van der Waals surface area contributed by atoms with Crippen molar-refractivity contribution in [3.05, 3.63) is 32.6 Å². The molecule has 1 aliphatic carbocycles. The van der Waals surface area contributed by atoms with Crippen molar-refractivity contribution in [2.24, 2.45) is 14.1 Å². The van der Waals surface area contributed by atoms with Crippen LogP contribution >= 0.6 is 0 Å². The number of hydrogen-bond donors (Lipinski definition) is 1. The Labute approximate surface area is 93.7 Å². The van der Waals surface area contributed by atoms with Crippen molar-refractivity contribution >= 4 is 0 Å². The van der Waals surface area contributed by atoms with E-state index in [2.05, 4.69) is 5.32 Å². The predicted molar refractivity (Wildman–Crippen MR) is 61.4 cm³/mol. The molecule has 5 nitrogen and oxygen atoms in total. The van der Waals surface area contributed by atoms with Crippen LogP contribution in [0.2, 0.25) is 0 Å². The fourth-order valence-corrected chi connectivity index (χ4v) is 1.81. The third-order valence-electron chi connectivity index (χ3n) is 3.30. The standard InChI is InChI=1S/C11H17N3O2/c1-13-9(7-12-8-4-3-5-8)6-10(15)14(2)11(13)16/h6,8,12H,3-5,7H2,1-2H3. The summed E-state index contributed by atoms with van der Waals surface area (Å²) in [4.78, 5) is 23.1. The maximum absolute atomic E-state index is 11.6. The van der Waals surface area contributed by atoms with Crippen LogP contribution in [0.5, 0.6) is 0 Å². The minimum absolute atomic E-state index is 0.242. The van der Waals surface area contributed by atoms with Crippen LogP contribution in [0.3, 0.4) is 0 Å². The molecule has 1 fully saturated rings. The van der Waals surface area contributed by atoms with E-state index < -0.39 is 0 Å². The quantitative estimate of drug-likeness (QED) is 0.767. The molecule has 0 bridgehead atoms. The summed E-state index contributed by atoms with van der Waals surface area (Å²) in [5.74, 6) is 0. The normalized spacial score (nSPS) is 16.1. The Morgan fingerprint density at radius 1 is 1.31 bits per heavy atom. The largest absolute Gasteiger partial charge is 0.330 e. The molecule has 0 radical (unpaired) electrons. The molecule has 16 heavy (non-hydrogen) atoms. The Kier molecular flexibility index (Phi) is 2.96. The van der Waals surface area contributed by atoms with Gasteiger partial charge in [-0.05, 0) is 12.8 Å². The zero-order valence-corrected chi connectivity index (χ0v) is 9.69. The monoisotopic (exact) mass is 223 g/mol. The molecule has 1 aromatic rings. The van der Waals surface area contributed by atoms with E-state index in [4.69, 9.17) is 0 Å². The maximum Gasteiger partial charge on any atom is 0.330 e. The highest BCUT2D eigenvalue weighted by atomic mass is 16.2. The van der Waals surface area contributed by atoms with Gasteiger partial charge in [0.25, 0.3) is 5.56 Å². The van der Waals surface area contributed by atoms with E-state index in [-0.39, 0.29) is 11.2 Å². The highest BCUT2D eigenvalue weighted by molar-refractivity contribution is 5.02. The summed E-state index contributed by atoms with van der Waals surface area (Å²) < 4.78 is 2.64. The average molecular weight is 223 g/mol. The fourth-order valence-electron chi connectivity index (χ4n) is 1.81. The van der Waals surface area contributed by atoms with Crippen molar-refractivity contribution in [1.82, 2.24) is 14.5 Å². The van der Waals surface area contributed by atoms with E-state index in [1.165, 1.54) is 36.9 Å². The molecule has 0 aliphatic heterocycles. The van der Waals surface area contributed by atoms with Gasteiger partial charge in [-0.25, -0.2) is 4.79 Å². The summed E-state index contributed by atoms with van der Waals surface area (Å²) in [7, 11) is 3.19. The first-order valence-electron chi connectivity index (χ1n) is 5.59. The van der Waals surface area contributed by atoms with Gasteiger partial charge < -0.3 is 5.32 Å². The van der Waals surface area contributed by atoms with Crippen LogP contribution in [0.1, 0.15) is 25.0 Å². The minimum Gasteiger partial charge on any atom is -0.308 e. The van der Waals surface area contributed by atoms with Crippen LogP contribution in [0.25, 0.3) is 0 Å². The van der Waals surface area contributed by atoms with Gasteiger partial charge in [0.05, 0.1) is 0 Å². The molecule has 88 valence electrons. The first kappa shape index (κ1) is 11.1. The second-order valence-electron chi connectivity index (χ2n) is 4.38. The smallest absolute Gasteiger partial charge is 0.308 e. The second kappa shape index (κ2) is 4.25. The van der Waals surface area contributed by atoms with E-state index in [1.54, 1.807) is 7.05 Å². The van der Waals surface area contributed by atoms with Gasteiger partial charge in [-0.1, -0.05) is 6.42 Å². The van der Waals surface area contributed by atoms with Gasteiger partial charge in [0.2, 0.25) is 0 Å². The number of aromatic nitrogens is 2. The second-order valence-corrected chi connectivity index (χ2v) is 4.38. The van der Waals surface area contributed by atoms with E-state index >= 15 is 0 Å². The SMILES string of the molecule is Cn1c(CNC2CCC2)cc(=O)n(C)c1=O. The molecule has 1 saturated carbocycles. The summed E-state index contributed by atoms with van der Waals surface area (Å²) in [6.07, 6.45) is 3.66. The Hall–Kier alpha value is -1.36. The highest BCUT2D eigenvalue weighted by Gasteiger charge is 2.17. The first-order chi connectivity index (χ1) is 7.59. The number of nitrogens with zero attached hydrogens (tertiary/aromatic N) is 2. The average Bonchev–Trinajstić information content (AvgIpc) is 2.20. The molecule has 0 unspecified atom stereocenters. The topological polar surface area (TPSA) is 56.0 Å². The molecule has 5 heteroatoms. The molecule has 1 heterocycles. The third kappa shape index (κ3) is 1.95. The number of nitrogens with one attached hydrogen (secondary N) is 1. The van der Waals surface area contributed by atoms with Gasteiger partial charge in [-0.2, -0.15) is 0 Å². The predicted octanol–water partition coefficient (Wildman–Crippen LogP) is -0.274. The van der Waals surface area contributed by atoms with Gasteiger partial charge in [0, 0.05) is 38.4 Å². The molecule has 0 saturated heterocycles. The Morgan fingerprint density at radius 2 is 2.00 bits per heavy atom. The Balaban J connectivity index is 2.20. The van der Waals surface area contributed by atoms with Crippen molar-refractivity contribution in [2.45, 2.75) is 31.8 Å². The summed E-state index contributed by atoms with van der Waals surface area (Å²) in [6, 6.07) is 2.08. The lowest BCUT2D eigenvalue weighted by Crippen LogP contribution is -2.41. The van der Waals surface area contributed by atoms with Gasteiger partial charge in [0.1, 0.15) is 0 Å². The lowest BCUT2D eigenvalue weighted by Gasteiger charge is -2.26. The zero-order chi connectivity index (χ0) is 11.7. The van der Waals surface area contributed by atoms with E-state index in [9.17, 15) is 9.59 Å². The van der Waals surface area contributed by atoms with Crippen LogP contribution in [0.4, 0.5) is 0 Å². The van der Waals surface area contributed by atoms with Crippen molar-refractivity contribution in [3.8, 4) is 0 Å². The number of hydrogen-bond acceptors (Lipinski definition) is 3. The fraction of sp³-hybridized carbons (Fsp3) is 0.636. The molecule has 0 aromatic carbocycles. The zero-order valence-electron chi connectivity index (χ0n) is 9.69. The molecule has 0 spiro atoms. The van der Waals surface area contributed by atoms with Gasteiger partial charge >= 0.3 is 5.69 Å². The molecule has 1 aromatic heterocycles. The Morgan fingerprint density at radius 3 is 2.56 bits per heavy atom. The van der Waals surface area contributed by atoms with Crippen molar-refractivity contribution in [2.75, 3.05) is 0 Å². The van der Waals surface area contributed by atoms with Crippen LogP contribution in [-0.2, 0) is 20.6 Å². The molecule has 0 atom stereocenters. The van der Waals surface area contributed by atoms with E-state index in [0.29, 0.717) is 12.6 Å². The highest BCUT2D eigenvalue weighted by Crippen LogP contribution is 2.18. The summed E-state index contributed by atoms with van der Waals surface area (Å²) in [5, 5.41) is 3.34. The van der Waals surface area contributed by atoms with Crippen molar-refractivity contribution < 1.29 is 0 Å². The van der Waals surface area contributed by atoms with E-state index in [0.717, 1.165) is 10.3 Å². The molecule has 2 rings (SSSR count). The van der Waals surface area contributed by atoms with Crippen molar-refractivity contribution in [1.29, 1.82) is 0 Å². The van der Waals surface area contributed by atoms with Gasteiger partial charge in [-0.3, -0.25) is 13.9 Å². The lowest BCUT2D eigenvalue weighted by atomic mass is 9.93. The molecule has 0 amide bonds. The van der Waals surface area contributed by atoms with Gasteiger partial charge in [0.15, 0.2) is 0 Å². The Bertz CT molecular complexity index is 497. The number of rotatable bonds is 3. The summed E-state index contributed by atoms with van der Waals surface area (Å²) >= 11 is 0. The molecular weight excluding hydrogens is 206 g/mol. The lowest BCUT2D eigenvalue weighted by molar-refractivity contribution is 0.334. The minimum atomic E-state index is -0.266. The first-order valence-corrected chi connectivity index (χ1v) is 5.59.